The number of rotatable bonds is 0. The summed E-state index contributed by atoms with van der Waals surface area (Å²) in [6.45, 7) is 0. The van der Waals surface area contributed by atoms with Crippen LogP contribution in [0.15, 0.2) is 0 Å². The molecule has 0 nitrogen and oxygen atoms in total. The van der Waals surface area contributed by atoms with Crippen molar-refractivity contribution in [1.29, 1.82) is 0 Å². The predicted molar refractivity (Wildman–Crippen MR) is 35.6 cm³/mol. The molecule has 0 aliphatic carbocycles. The van der Waals surface area contributed by atoms with Gasteiger partial charge in [-0.15, -0.1) is 0 Å². The Labute approximate surface area is 104 Å². The molecule has 0 heterocycles. The second kappa shape index (κ2) is 25.0. The summed E-state index contributed by atoms with van der Waals surface area (Å²) in [6.07, 6.45) is 0. The van der Waals surface area contributed by atoms with Crippen molar-refractivity contribution in [1.82, 2.24) is 0 Å². The number of hydrogen-bond acceptors (Lipinski definition) is 0. The Hall–Kier alpha value is 3.80. The summed E-state index contributed by atoms with van der Waals surface area (Å²) in [5, 5.41) is 0. The Morgan fingerprint density at radius 2 is 1.20 bits per heavy atom. The van der Waals surface area contributed by atoms with E-state index in [0.29, 0.717) is 0 Å². The van der Waals surface area contributed by atoms with E-state index in [0.717, 1.165) is 0 Å². The summed E-state index contributed by atoms with van der Waals surface area (Å²) >= 11 is 3.98. The molecule has 0 aromatic heterocycles. The van der Waals surface area contributed by atoms with E-state index in [9.17, 15) is 0 Å². The maximum absolute atomic E-state index is 2.76. The molecule has 0 fully saturated rings. The molecule has 5 heteroatoms. The zero-order chi connectivity index (χ0) is 2.00. The zero-order valence-electron chi connectivity index (χ0n) is 2.40. The van der Waals surface area contributed by atoms with Crippen molar-refractivity contribution >= 4 is 93.8 Å². The molecule has 31 valence electrons. The van der Waals surface area contributed by atoms with Gasteiger partial charge in [0.2, 0.25) is 0 Å². The van der Waals surface area contributed by atoms with Crippen LogP contribution >= 0.6 is 0 Å². The molecular formula is H9BiCrMgSbSn. The van der Waals surface area contributed by atoms with Gasteiger partial charge in [0.05, 0.1) is 0 Å². The third kappa shape index (κ3) is 18.2. The fraction of sp³-hybridized carbons (Fsp3) is 0. The second-order valence-corrected chi connectivity index (χ2v) is 0. The fourth-order valence-electron chi connectivity index (χ4n) is 0. The van der Waals surface area contributed by atoms with Gasteiger partial charge in [-0.1, -0.05) is 0 Å². The molecule has 0 aliphatic heterocycles. The van der Waals surface area contributed by atoms with Crippen LogP contribution in [0.25, 0.3) is 0 Å². The van der Waals surface area contributed by atoms with E-state index in [4.69, 9.17) is 0 Å². The fourth-order valence-corrected chi connectivity index (χ4v) is 0. The van der Waals surface area contributed by atoms with Gasteiger partial charge in [-0.3, -0.25) is 0 Å². The summed E-state index contributed by atoms with van der Waals surface area (Å²) in [5.41, 5.74) is 0. The molecule has 0 saturated heterocycles. The van der Waals surface area contributed by atoms with Crippen LogP contribution in [0.5, 0.6) is 0 Å². The average molecular weight is 535 g/mol. The van der Waals surface area contributed by atoms with E-state index in [1.54, 1.807) is 0 Å². The second-order valence-electron chi connectivity index (χ2n) is 0. The summed E-state index contributed by atoms with van der Waals surface area (Å²) < 4.78 is 0. The molecule has 0 aromatic carbocycles. The first-order valence-corrected chi connectivity index (χ1v) is 6.52. The van der Waals surface area contributed by atoms with Crippen molar-refractivity contribution in [2.75, 3.05) is 0 Å². The van der Waals surface area contributed by atoms with Gasteiger partial charge in [-0.2, -0.15) is 0 Å². The van der Waals surface area contributed by atoms with Crippen molar-refractivity contribution < 1.29 is 12.9 Å². The van der Waals surface area contributed by atoms with E-state index < -0.39 is 0 Å². The van der Waals surface area contributed by atoms with Crippen LogP contribution in [0.3, 0.4) is 0 Å². The van der Waals surface area contributed by atoms with Crippen LogP contribution in [0, 0.1) is 0 Å². The molecule has 2 radical (unpaired) electrons. The molecule has 5 heavy (non-hydrogen) atoms. The molecule has 0 saturated carbocycles. The molecule has 0 unspecified atom stereocenters. The first kappa shape index (κ1) is 23.2. The van der Waals surface area contributed by atoms with E-state index in [2.05, 4.69) is 12.9 Å². The van der Waals surface area contributed by atoms with E-state index in [-0.39, 0.29) is 73.2 Å². The zero-order valence-corrected chi connectivity index (χ0v) is 16.5. The molecule has 0 aliphatic rings. The van der Waals surface area contributed by atoms with Gasteiger partial charge < -0.3 is 0 Å². The Morgan fingerprint density at radius 3 is 1.20 bits per heavy atom. The van der Waals surface area contributed by atoms with Crippen LogP contribution in [-0.2, 0) is 12.9 Å². The van der Waals surface area contributed by atoms with Crippen molar-refractivity contribution in [3.63, 3.8) is 0 Å². The first-order chi connectivity index (χ1) is 1.00. The van der Waals surface area contributed by atoms with Crippen LogP contribution < -0.4 is 0 Å². The SMILES string of the molecule is [BiH3].[Cr][SbH2].[MgH2].[SnH2]. The summed E-state index contributed by atoms with van der Waals surface area (Å²) in [7, 11) is 0. The van der Waals surface area contributed by atoms with Gasteiger partial charge >= 0.3 is 107 Å². The summed E-state index contributed by atoms with van der Waals surface area (Å²) in [5.74, 6) is 0. The Bertz CT molecular complexity index is 11.6. The topological polar surface area (TPSA) is 0 Å². The molecule has 0 spiro atoms. The maximum atomic E-state index is 2.76. The van der Waals surface area contributed by atoms with Crippen LogP contribution in [-0.4, -0.2) is 93.8 Å². The molecule has 0 aromatic rings. The average Bonchev–Trinajstić information content (AvgIpc) is 1.00. The van der Waals surface area contributed by atoms with Gasteiger partial charge in [0.15, 0.2) is 0 Å². The molecular weight excluding hydrogens is 526 g/mol. The van der Waals surface area contributed by atoms with Crippen molar-refractivity contribution in [3.05, 3.63) is 0 Å². The monoisotopic (exact) mass is 535 g/mol. The van der Waals surface area contributed by atoms with Gasteiger partial charge in [-0.25, -0.2) is 0 Å². The van der Waals surface area contributed by atoms with Gasteiger partial charge in [-0.05, 0) is 0 Å². The summed E-state index contributed by atoms with van der Waals surface area (Å²) in [6, 6.07) is 0. The molecule has 0 N–H and O–H groups in total. The minimum atomic E-state index is 0. The van der Waals surface area contributed by atoms with Crippen LogP contribution in [0.1, 0.15) is 0 Å². The standard InChI is InChI=1S/Bi.Cr.Mg.Sb.Sn.9H. The molecule has 0 amide bonds. The quantitative estimate of drug-likeness (QED) is 0.279. The number of hydrogen-bond donors (Lipinski definition) is 0. The van der Waals surface area contributed by atoms with E-state index >= 15 is 0 Å². The summed E-state index contributed by atoms with van der Waals surface area (Å²) in [4.78, 5) is 0. The van der Waals surface area contributed by atoms with Crippen LogP contribution in [0.4, 0.5) is 0 Å². The normalized spacial score (nSPS) is 1.00. The minimum absolute atomic E-state index is 0. The Kier molecular flexibility index (Phi) is 116. The van der Waals surface area contributed by atoms with E-state index in [1.807, 2.05) is 0 Å². The van der Waals surface area contributed by atoms with E-state index in [1.165, 1.54) is 20.7 Å². The van der Waals surface area contributed by atoms with Gasteiger partial charge in [0, 0.05) is 0 Å². The predicted octanol–water partition coefficient (Wildman–Crippen LogP) is -3.94. The molecule has 0 rings (SSSR count). The first-order valence-electron chi connectivity index (χ1n) is 0.236. The third-order valence-electron chi connectivity index (χ3n) is 0. The third-order valence-corrected chi connectivity index (χ3v) is 0. The van der Waals surface area contributed by atoms with Gasteiger partial charge in [0.25, 0.3) is 0 Å². The Balaban J connectivity index is -0.00000000167. The van der Waals surface area contributed by atoms with Crippen molar-refractivity contribution in [2.45, 2.75) is 0 Å². The Morgan fingerprint density at radius 1 is 1.20 bits per heavy atom. The van der Waals surface area contributed by atoms with Crippen molar-refractivity contribution in [2.24, 2.45) is 0 Å². The molecule has 0 bridgehead atoms. The molecule has 0 atom stereocenters. The van der Waals surface area contributed by atoms with Crippen LogP contribution in [0.2, 0.25) is 0 Å². The van der Waals surface area contributed by atoms with Crippen molar-refractivity contribution in [3.8, 4) is 0 Å². The van der Waals surface area contributed by atoms with Gasteiger partial charge in [0.1, 0.15) is 0 Å².